The van der Waals surface area contributed by atoms with Crippen LogP contribution in [0, 0.1) is 0 Å². The van der Waals surface area contributed by atoms with E-state index in [0.29, 0.717) is 22.8 Å². The molecular formula is C17H13ClN4O3S. The smallest absolute Gasteiger partial charge is 0.335 e. The highest BCUT2D eigenvalue weighted by Gasteiger charge is 2.27. The molecule has 1 aliphatic rings. The Morgan fingerprint density at radius 2 is 2.00 bits per heavy atom. The molecule has 0 spiro atoms. The molecule has 7 nitrogen and oxygen atoms in total. The maximum absolute atomic E-state index is 12.3. The van der Waals surface area contributed by atoms with Gasteiger partial charge >= 0.3 is 5.69 Å². The van der Waals surface area contributed by atoms with Crippen LogP contribution in [0.3, 0.4) is 0 Å². The molecule has 0 bridgehead atoms. The maximum atomic E-state index is 12.3. The summed E-state index contributed by atoms with van der Waals surface area (Å²) in [6.45, 7) is 0. The fourth-order valence-electron chi connectivity index (χ4n) is 2.87. The Morgan fingerprint density at radius 1 is 1.23 bits per heavy atom. The van der Waals surface area contributed by atoms with Crippen molar-refractivity contribution in [2.24, 2.45) is 5.10 Å². The van der Waals surface area contributed by atoms with Gasteiger partial charge in [0.15, 0.2) is 0 Å². The molecule has 0 saturated carbocycles. The van der Waals surface area contributed by atoms with Gasteiger partial charge in [0.2, 0.25) is 5.88 Å². The molecule has 132 valence electrons. The van der Waals surface area contributed by atoms with E-state index in [0.717, 1.165) is 9.44 Å². The molecule has 3 heterocycles. The van der Waals surface area contributed by atoms with E-state index in [1.54, 1.807) is 35.6 Å². The van der Waals surface area contributed by atoms with Crippen LogP contribution in [0.2, 0.25) is 5.02 Å². The molecule has 0 amide bonds. The number of H-pyrrole nitrogens is 1. The minimum Gasteiger partial charge on any atom is -0.493 e. The Kier molecular flexibility index (Phi) is 4.14. The third-order valence-electron chi connectivity index (χ3n) is 4.10. The molecule has 1 aliphatic heterocycles. The van der Waals surface area contributed by atoms with Crippen LogP contribution in [0.15, 0.2) is 56.5 Å². The first-order valence-electron chi connectivity index (χ1n) is 7.74. The highest BCUT2D eigenvalue weighted by atomic mass is 35.5. The van der Waals surface area contributed by atoms with Gasteiger partial charge in [-0.25, -0.2) is 9.36 Å². The fraction of sp³-hybridized carbons (Fsp3) is 0.118. The zero-order valence-corrected chi connectivity index (χ0v) is 14.8. The number of nitrogens with one attached hydrogen (secondary N) is 2. The summed E-state index contributed by atoms with van der Waals surface area (Å²) in [5.74, 6) is -0.451. The lowest BCUT2D eigenvalue weighted by atomic mass is 10.1. The van der Waals surface area contributed by atoms with E-state index in [2.05, 4.69) is 15.5 Å². The molecule has 0 unspecified atom stereocenters. The topological polar surface area (TPSA) is 99.5 Å². The lowest BCUT2D eigenvalue weighted by Gasteiger charge is -2.11. The summed E-state index contributed by atoms with van der Waals surface area (Å²) < 4.78 is 1.02. The molecule has 0 saturated heterocycles. The monoisotopic (exact) mass is 388 g/mol. The summed E-state index contributed by atoms with van der Waals surface area (Å²) in [5, 5.41) is 17.3. The van der Waals surface area contributed by atoms with Crippen LogP contribution in [-0.4, -0.2) is 20.4 Å². The van der Waals surface area contributed by atoms with Crippen molar-refractivity contribution in [3.05, 3.63) is 78.1 Å². The molecule has 9 heteroatoms. The predicted molar refractivity (Wildman–Crippen MR) is 101 cm³/mol. The molecule has 4 rings (SSSR count). The second kappa shape index (κ2) is 6.47. The van der Waals surface area contributed by atoms with Gasteiger partial charge in [-0.1, -0.05) is 17.7 Å². The number of aromatic nitrogens is 2. The van der Waals surface area contributed by atoms with Gasteiger partial charge < -0.3 is 10.5 Å². The lowest BCUT2D eigenvalue weighted by Crippen LogP contribution is -2.33. The van der Waals surface area contributed by atoms with Gasteiger partial charge in [-0.3, -0.25) is 9.78 Å². The maximum Gasteiger partial charge on any atom is 0.335 e. The number of aromatic hydroxyl groups is 1. The molecule has 1 aromatic carbocycles. The van der Waals surface area contributed by atoms with E-state index in [9.17, 15) is 14.7 Å². The molecule has 0 aliphatic carbocycles. The Labute approximate surface area is 156 Å². The number of hydrazone groups is 1. The van der Waals surface area contributed by atoms with Crippen LogP contribution in [0.5, 0.6) is 5.88 Å². The van der Waals surface area contributed by atoms with Gasteiger partial charge in [-0.2, -0.15) is 5.10 Å². The van der Waals surface area contributed by atoms with E-state index in [-0.39, 0.29) is 11.6 Å². The summed E-state index contributed by atoms with van der Waals surface area (Å²) >= 11 is 7.45. The third-order valence-corrected chi connectivity index (χ3v) is 5.34. The first-order valence-corrected chi connectivity index (χ1v) is 9.00. The van der Waals surface area contributed by atoms with Crippen LogP contribution in [0.25, 0.3) is 5.69 Å². The number of rotatable bonds is 3. The van der Waals surface area contributed by atoms with Gasteiger partial charge in [0, 0.05) is 16.3 Å². The molecule has 26 heavy (non-hydrogen) atoms. The number of halogens is 1. The van der Waals surface area contributed by atoms with Crippen LogP contribution < -0.4 is 16.7 Å². The van der Waals surface area contributed by atoms with E-state index in [1.165, 1.54) is 0 Å². The highest BCUT2D eigenvalue weighted by Crippen LogP contribution is 2.29. The van der Waals surface area contributed by atoms with Gasteiger partial charge in [0.25, 0.3) is 5.56 Å². The van der Waals surface area contributed by atoms with E-state index >= 15 is 0 Å². The molecule has 0 fully saturated rings. The number of hydrogen-bond acceptors (Lipinski definition) is 6. The molecule has 2 aromatic heterocycles. The first kappa shape index (κ1) is 16.6. The summed E-state index contributed by atoms with van der Waals surface area (Å²) in [6, 6.07) is 10.2. The minimum absolute atomic E-state index is 0.0221. The molecular weight excluding hydrogens is 376 g/mol. The van der Waals surface area contributed by atoms with Crippen molar-refractivity contribution in [2.45, 2.75) is 12.5 Å². The van der Waals surface area contributed by atoms with Crippen molar-refractivity contribution < 1.29 is 5.11 Å². The summed E-state index contributed by atoms with van der Waals surface area (Å²) in [6.07, 6.45) is 0.427. The zero-order valence-electron chi connectivity index (χ0n) is 13.3. The SMILES string of the molecule is O=c1[nH]c(=O)n(-c2ccc(Cl)cc2)c(O)c1C1=NN[C@H](c2cccs2)C1. The van der Waals surface area contributed by atoms with E-state index in [1.807, 2.05) is 17.5 Å². The first-order chi connectivity index (χ1) is 12.5. The van der Waals surface area contributed by atoms with Gasteiger partial charge in [0.05, 0.1) is 17.4 Å². The summed E-state index contributed by atoms with van der Waals surface area (Å²) in [7, 11) is 0. The molecule has 3 N–H and O–H groups in total. The second-order valence-electron chi connectivity index (χ2n) is 5.73. The van der Waals surface area contributed by atoms with Crippen molar-refractivity contribution in [1.82, 2.24) is 15.0 Å². The zero-order chi connectivity index (χ0) is 18.3. The van der Waals surface area contributed by atoms with Crippen molar-refractivity contribution in [3.63, 3.8) is 0 Å². The van der Waals surface area contributed by atoms with Crippen LogP contribution in [0.4, 0.5) is 0 Å². The van der Waals surface area contributed by atoms with Gasteiger partial charge in [-0.05, 0) is 35.7 Å². The lowest BCUT2D eigenvalue weighted by molar-refractivity contribution is 0.429. The summed E-state index contributed by atoms with van der Waals surface area (Å²) in [4.78, 5) is 27.9. The Bertz CT molecular complexity index is 1100. The van der Waals surface area contributed by atoms with Crippen LogP contribution in [-0.2, 0) is 0 Å². The van der Waals surface area contributed by atoms with Crippen LogP contribution in [0.1, 0.15) is 22.9 Å². The average molecular weight is 389 g/mol. The van der Waals surface area contributed by atoms with Crippen molar-refractivity contribution in [1.29, 1.82) is 0 Å². The average Bonchev–Trinajstić information content (AvgIpc) is 3.27. The number of hydrogen-bond donors (Lipinski definition) is 3. The number of thiophene rings is 1. The molecule has 1 atom stereocenters. The van der Waals surface area contributed by atoms with E-state index < -0.39 is 17.1 Å². The van der Waals surface area contributed by atoms with Crippen molar-refractivity contribution in [2.75, 3.05) is 0 Å². The van der Waals surface area contributed by atoms with Gasteiger partial charge in [0.1, 0.15) is 5.56 Å². The normalized spacial score (nSPS) is 16.3. The van der Waals surface area contributed by atoms with Crippen LogP contribution >= 0.6 is 22.9 Å². The predicted octanol–water partition coefficient (Wildman–Crippen LogP) is 2.39. The minimum atomic E-state index is -0.736. The largest absolute Gasteiger partial charge is 0.493 e. The molecule has 0 radical (unpaired) electrons. The Morgan fingerprint density at radius 3 is 2.69 bits per heavy atom. The quantitative estimate of drug-likeness (QED) is 0.641. The number of nitrogens with zero attached hydrogens (tertiary/aromatic N) is 2. The number of aromatic amines is 1. The highest BCUT2D eigenvalue weighted by molar-refractivity contribution is 7.10. The third kappa shape index (κ3) is 2.83. The van der Waals surface area contributed by atoms with E-state index in [4.69, 9.17) is 11.6 Å². The fourth-order valence-corrected chi connectivity index (χ4v) is 3.76. The summed E-state index contributed by atoms with van der Waals surface area (Å²) in [5.41, 5.74) is 2.32. The number of benzene rings is 1. The van der Waals surface area contributed by atoms with Gasteiger partial charge in [-0.15, -0.1) is 11.3 Å². The standard InChI is InChI=1S/C17H13ClN4O3S/c18-9-3-5-10(6-4-9)22-16(24)14(15(23)19-17(22)25)12-8-11(20-21-12)13-2-1-7-26-13/h1-7,11,20,24H,8H2,(H,19,23,25)/t11-/m0/s1. The Balaban J connectivity index is 1.78. The molecule has 3 aromatic rings. The Hall–Kier alpha value is -2.84. The second-order valence-corrected chi connectivity index (χ2v) is 7.15. The van der Waals surface area contributed by atoms with Crippen molar-refractivity contribution in [3.8, 4) is 11.6 Å². The van der Waals surface area contributed by atoms with Crippen molar-refractivity contribution >= 4 is 28.6 Å².